The number of H-pyrrole nitrogens is 1. The van der Waals surface area contributed by atoms with Crippen LogP contribution in [0.5, 0.6) is 0 Å². The molecule has 3 aromatic rings. The van der Waals surface area contributed by atoms with Crippen molar-refractivity contribution in [1.82, 2.24) is 14.8 Å². The van der Waals surface area contributed by atoms with E-state index in [1.807, 2.05) is 36.5 Å². The predicted molar refractivity (Wildman–Crippen MR) is 138 cm³/mol. The highest BCUT2D eigenvalue weighted by Crippen LogP contribution is 2.37. The van der Waals surface area contributed by atoms with E-state index in [9.17, 15) is 19.1 Å². The van der Waals surface area contributed by atoms with Crippen LogP contribution in [0.4, 0.5) is 14.0 Å². The van der Waals surface area contributed by atoms with Gasteiger partial charge in [-0.1, -0.05) is 30.3 Å². The van der Waals surface area contributed by atoms with Gasteiger partial charge in [-0.15, -0.1) is 0 Å². The molecule has 0 bridgehead atoms. The molecule has 0 saturated carbocycles. The van der Waals surface area contributed by atoms with Gasteiger partial charge in [0, 0.05) is 36.6 Å². The molecule has 2 aromatic carbocycles. The monoisotopic (exact) mass is 511 g/mol. The Morgan fingerprint density at radius 1 is 1.22 bits per heavy atom. The highest BCUT2D eigenvalue weighted by Gasteiger charge is 2.42. The Labute approximate surface area is 216 Å². The molecule has 2 amide bonds. The van der Waals surface area contributed by atoms with Crippen molar-refractivity contribution in [3.8, 4) is 0 Å². The number of benzene rings is 2. The average Bonchev–Trinajstić information content (AvgIpc) is 3.46. The Balaban J connectivity index is 1.53. The summed E-state index contributed by atoms with van der Waals surface area (Å²) in [5.41, 5.74) is 1.79. The summed E-state index contributed by atoms with van der Waals surface area (Å²) in [6.07, 6.45) is 0.145. The summed E-state index contributed by atoms with van der Waals surface area (Å²) in [6.45, 7) is 5.72. The number of halogens is 1. The van der Waals surface area contributed by atoms with E-state index in [2.05, 4.69) is 4.98 Å². The maximum atomic E-state index is 13.7. The zero-order valence-electron chi connectivity index (χ0n) is 21.6. The van der Waals surface area contributed by atoms with E-state index in [4.69, 9.17) is 9.47 Å². The molecule has 3 atom stereocenters. The van der Waals surface area contributed by atoms with Gasteiger partial charge in [0.15, 0.2) is 0 Å². The Hall–Kier alpha value is -3.59. The lowest BCUT2D eigenvalue weighted by atomic mass is 9.94. The van der Waals surface area contributed by atoms with Crippen molar-refractivity contribution in [3.63, 3.8) is 0 Å². The molecular formula is C28H34FN3O5. The second-order valence-corrected chi connectivity index (χ2v) is 10.6. The summed E-state index contributed by atoms with van der Waals surface area (Å²) in [7, 11) is 1.55. The molecule has 0 unspecified atom stereocenters. The second kappa shape index (κ2) is 10.8. The van der Waals surface area contributed by atoms with E-state index in [0.29, 0.717) is 18.5 Å². The number of rotatable bonds is 6. The zero-order chi connectivity index (χ0) is 26.7. The highest BCUT2D eigenvalue weighted by atomic mass is 19.1. The molecule has 9 heteroatoms. The molecule has 2 N–H and O–H groups in total. The summed E-state index contributed by atoms with van der Waals surface area (Å²) < 4.78 is 24.7. The third-order valence-corrected chi connectivity index (χ3v) is 6.51. The molecule has 0 aliphatic carbocycles. The highest BCUT2D eigenvalue weighted by molar-refractivity contribution is 5.84. The minimum Gasteiger partial charge on any atom is -0.445 e. The molecule has 37 heavy (non-hydrogen) atoms. The van der Waals surface area contributed by atoms with E-state index in [1.54, 1.807) is 33.9 Å². The Bertz CT molecular complexity index is 1240. The molecule has 0 radical (unpaired) electrons. The number of aliphatic hydroxyl groups is 1. The second-order valence-electron chi connectivity index (χ2n) is 10.6. The van der Waals surface area contributed by atoms with Crippen molar-refractivity contribution in [3.05, 3.63) is 71.7 Å². The van der Waals surface area contributed by atoms with Gasteiger partial charge in [-0.05, 0) is 56.5 Å². The lowest BCUT2D eigenvalue weighted by Gasteiger charge is -2.31. The van der Waals surface area contributed by atoms with E-state index in [0.717, 1.165) is 16.5 Å². The summed E-state index contributed by atoms with van der Waals surface area (Å²) in [5, 5.41) is 12.0. The first kappa shape index (κ1) is 26.5. The first-order valence-corrected chi connectivity index (χ1v) is 12.4. The van der Waals surface area contributed by atoms with Gasteiger partial charge in [-0.25, -0.2) is 14.0 Å². The van der Waals surface area contributed by atoms with Crippen LogP contribution in [-0.2, 0) is 16.1 Å². The van der Waals surface area contributed by atoms with E-state index < -0.39 is 29.9 Å². The maximum Gasteiger partial charge on any atom is 0.410 e. The third-order valence-electron chi connectivity index (χ3n) is 6.51. The van der Waals surface area contributed by atoms with Crippen molar-refractivity contribution in [2.75, 3.05) is 20.1 Å². The standard InChI is InChI=1S/C28H34FN3O5/c1-28(2,3)37-26(34)31(4)16-25(33)24-12-19(22-14-30-23-13-20(29)10-11-21(22)23)15-32(24)27(35)36-17-18-8-6-5-7-9-18/h5-11,13-14,19,24-25,30,33H,12,15-17H2,1-4H3/t19-,24-,25+/m0/s1. The van der Waals surface area contributed by atoms with Crippen molar-refractivity contribution in [2.45, 2.75) is 57.5 Å². The predicted octanol–water partition coefficient (Wildman–Crippen LogP) is 5.03. The number of carbonyl (C=O) groups excluding carboxylic acids is 2. The van der Waals surface area contributed by atoms with Crippen LogP contribution < -0.4 is 0 Å². The fraction of sp³-hybridized carbons (Fsp3) is 0.429. The van der Waals surface area contributed by atoms with Crippen LogP contribution in [0.25, 0.3) is 10.9 Å². The minimum absolute atomic E-state index is 0.0200. The Kier molecular flexibility index (Phi) is 7.73. The van der Waals surface area contributed by atoms with Crippen LogP contribution in [0.2, 0.25) is 0 Å². The van der Waals surface area contributed by atoms with Gasteiger partial charge in [-0.3, -0.25) is 0 Å². The quantitative estimate of drug-likeness (QED) is 0.484. The van der Waals surface area contributed by atoms with Crippen molar-refractivity contribution in [2.24, 2.45) is 0 Å². The number of nitrogens with zero attached hydrogens (tertiary/aromatic N) is 2. The summed E-state index contributed by atoms with van der Waals surface area (Å²) in [4.78, 5) is 31.6. The molecular weight excluding hydrogens is 477 g/mol. The number of likely N-dealkylation sites (tertiary alicyclic amines) is 1. The molecule has 0 spiro atoms. The smallest absolute Gasteiger partial charge is 0.410 e. The fourth-order valence-corrected chi connectivity index (χ4v) is 4.74. The normalized spacial score (nSPS) is 18.6. The van der Waals surface area contributed by atoms with Gasteiger partial charge in [-0.2, -0.15) is 0 Å². The van der Waals surface area contributed by atoms with Gasteiger partial charge in [0.25, 0.3) is 0 Å². The number of aliphatic hydroxyl groups excluding tert-OH is 1. The molecule has 198 valence electrons. The van der Waals surface area contributed by atoms with Gasteiger partial charge in [0.2, 0.25) is 0 Å². The van der Waals surface area contributed by atoms with Crippen LogP contribution in [0, 0.1) is 5.82 Å². The number of ether oxygens (including phenoxy) is 2. The minimum atomic E-state index is -1.03. The number of hydrogen-bond donors (Lipinski definition) is 2. The number of hydrogen-bond acceptors (Lipinski definition) is 5. The van der Waals surface area contributed by atoms with Crippen LogP contribution >= 0.6 is 0 Å². The van der Waals surface area contributed by atoms with Crippen molar-refractivity contribution < 1.29 is 28.6 Å². The van der Waals surface area contributed by atoms with Gasteiger partial charge < -0.3 is 29.4 Å². The number of fused-ring (bicyclic) bond motifs is 1. The van der Waals surface area contributed by atoms with Crippen molar-refractivity contribution in [1.29, 1.82) is 0 Å². The average molecular weight is 512 g/mol. The van der Waals surface area contributed by atoms with Crippen molar-refractivity contribution >= 4 is 23.1 Å². The fourth-order valence-electron chi connectivity index (χ4n) is 4.74. The third kappa shape index (κ3) is 6.40. The Morgan fingerprint density at radius 2 is 1.95 bits per heavy atom. The number of carbonyl (C=O) groups is 2. The largest absolute Gasteiger partial charge is 0.445 e. The van der Waals surface area contributed by atoms with Gasteiger partial charge in [0.05, 0.1) is 18.7 Å². The maximum absolute atomic E-state index is 13.7. The number of nitrogens with one attached hydrogen (secondary N) is 1. The van der Waals surface area contributed by atoms with E-state index >= 15 is 0 Å². The first-order valence-electron chi connectivity index (χ1n) is 12.4. The lowest BCUT2D eigenvalue weighted by Crippen LogP contribution is -2.48. The Morgan fingerprint density at radius 3 is 2.65 bits per heavy atom. The SMILES string of the molecule is CN(C[C@@H](O)[C@@H]1C[C@H](c2c[nH]c3cc(F)ccc23)CN1C(=O)OCc1ccccc1)C(=O)OC(C)(C)C. The number of amides is 2. The molecule has 8 nitrogen and oxygen atoms in total. The molecule has 1 aromatic heterocycles. The molecule has 1 aliphatic heterocycles. The molecule has 2 heterocycles. The molecule has 1 saturated heterocycles. The van der Waals surface area contributed by atoms with Crippen LogP contribution in [0.3, 0.4) is 0 Å². The topological polar surface area (TPSA) is 95.1 Å². The first-order chi connectivity index (χ1) is 17.5. The van der Waals surface area contributed by atoms with Crippen LogP contribution in [-0.4, -0.2) is 70.0 Å². The van der Waals surface area contributed by atoms with Gasteiger partial charge >= 0.3 is 12.2 Å². The van der Waals surface area contributed by atoms with E-state index in [-0.39, 0.29) is 24.9 Å². The number of likely N-dealkylation sites (N-methyl/N-ethyl adjacent to an activating group) is 1. The van der Waals surface area contributed by atoms with Crippen LogP contribution in [0.15, 0.2) is 54.7 Å². The number of aromatic amines is 1. The molecule has 1 aliphatic rings. The van der Waals surface area contributed by atoms with E-state index in [1.165, 1.54) is 21.9 Å². The summed E-state index contributed by atoms with van der Waals surface area (Å²) in [5.74, 6) is -0.452. The molecule has 4 rings (SSSR count). The van der Waals surface area contributed by atoms with Gasteiger partial charge in [0.1, 0.15) is 18.0 Å². The molecule has 1 fully saturated rings. The van der Waals surface area contributed by atoms with Crippen LogP contribution in [0.1, 0.15) is 44.2 Å². The zero-order valence-corrected chi connectivity index (χ0v) is 21.6. The summed E-state index contributed by atoms with van der Waals surface area (Å²) >= 11 is 0. The number of aromatic nitrogens is 1. The summed E-state index contributed by atoms with van der Waals surface area (Å²) in [6, 6.07) is 13.3. The lowest BCUT2D eigenvalue weighted by molar-refractivity contribution is 0.00736.